The zero-order chi connectivity index (χ0) is 15.4. The van der Waals surface area contributed by atoms with E-state index in [1.165, 1.54) is 0 Å². The van der Waals surface area contributed by atoms with Gasteiger partial charge in [-0.3, -0.25) is 0 Å². The predicted octanol–water partition coefficient (Wildman–Crippen LogP) is 4.14. The summed E-state index contributed by atoms with van der Waals surface area (Å²) in [6.07, 6.45) is 1.78. The van der Waals surface area contributed by atoms with E-state index >= 15 is 0 Å². The lowest BCUT2D eigenvalue weighted by Crippen LogP contribution is -2.03. The quantitative estimate of drug-likeness (QED) is 0.736. The maximum Gasteiger partial charge on any atom is 0.175 e. The maximum absolute atomic E-state index is 6.06. The minimum Gasteiger partial charge on any atom is -0.396 e. The van der Waals surface area contributed by atoms with E-state index in [2.05, 4.69) is 4.98 Å². The average molecular weight is 287 g/mol. The smallest absolute Gasteiger partial charge is 0.175 e. The maximum atomic E-state index is 6.06. The Morgan fingerprint density at radius 3 is 1.95 bits per heavy atom. The molecule has 3 nitrogen and oxygen atoms in total. The van der Waals surface area contributed by atoms with Gasteiger partial charge in [-0.15, -0.1) is 0 Å². The summed E-state index contributed by atoms with van der Waals surface area (Å²) in [5.74, 6) is 0.549. The van der Waals surface area contributed by atoms with Crippen LogP contribution in [0.15, 0.2) is 77.9 Å². The molecule has 22 heavy (non-hydrogen) atoms. The number of hydrogen-bond donors (Lipinski definition) is 1. The van der Waals surface area contributed by atoms with Crippen LogP contribution in [0.1, 0.15) is 16.7 Å². The first-order valence-electron chi connectivity index (χ1n) is 7.16. The van der Waals surface area contributed by atoms with E-state index < -0.39 is 0 Å². The second-order valence-electron chi connectivity index (χ2n) is 5.12. The van der Waals surface area contributed by atoms with Crippen molar-refractivity contribution in [2.24, 2.45) is 4.99 Å². The molecule has 0 unspecified atom stereocenters. The van der Waals surface area contributed by atoms with Crippen LogP contribution in [0.2, 0.25) is 0 Å². The second-order valence-corrected chi connectivity index (χ2v) is 5.12. The Labute approximate surface area is 130 Å². The summed E-state index contributed by atoms with van der Waals surface area (Å²) in [6, 6.07) is 22.0. The Morgan fingerprint density at radius 2 is 1.45 bits per heavy atom. The first-order chi connectivity index (χ1) is 10.7. The van der Waals surface area contributed by atoms with E-state index in [0.717, 1.165) is 22.4 Å². The van der Waals surface area contributed by atoms with E-state index in [-0.39, 0.29) is 0 Å². The average Bonchev–Trinajstić information content (AvgIpc) is 2.56. The summed E-state index contributed by atoms with van der Waals surface area (Å²) in [5.41, 5.74) is 10.6. The number of benzene rings is 2. The van der Waals surface area contributed by atoms with Gasteiger partial charge in [0, 0.05) is 17.3 Å². The molecule has 0 bridgehead atoms. The van der Waals surface area contributed by atoms with E-state index in [1.54, 1.807) is 6.20 Å². The van der Waals surface area contributed by atoms with Crippen molar-refractivity contribution in [2.75, 3.05) is 5.73 Å². The molecule has 3 rings (SSSR count). The van der Waals surface area contributed by atoms with Crippen molar-refractivity contribution < 1.29 is 0 Å². The lowest BCUT2D eigenvalue weighted by molar-refractivity contribution is 1.23. The van der Waals surface area contributed by atoms with Crippen LogP contribution in [0, 0.1) is 6.92 Å². The zero-order valence-electron chi connectivity index (χ0n) is 12.4. The number of aryl methyl sites for hydroxylation is 1. The number of nitrogens with two attached hydrogens (primary N) is 1. The molecule has 1 heterocycles. The SMILES string of the molecule is Cc1cnc(N=C(c2ccccc2)c2ccccc2)c(N)c1. The van der Waals surface area contributed by atoms with Gasteiger partial charge in [-0.05, 0) is 18.6 Å². The molecule has 0 aliphatic heterocycles. The molecule has 0 saturated carbocycles. The normalized spacial score (nSPS) is 10.2. The summed E-state index contributed by atoms with van der Waals surface area (Å²) in [4.78, 5) is 9.08. The number of nitrogen functional groups attached to an aromatic ring is 1. The van der Waals surface area contributed by atoms with Crippen molar-refractivity contribution >= 4 is 17.2 Å². The number of aromatic nitrogens is 1. The van der Waals surface area contributed by atoms with Gasteiger partial charge in [-0.2, -0.15) is 0 Å². The topological polar surface area (TPSA) is 51.3 Å². The molecule has 2 aromatic carbocycles. The molecule has 108 valence electrons. The summed E-state index contributed by atoms with van der Waals surface area (Å²) >= 11 is 0. The van der Waals surface area contributed by atoms with E-state index in [4.69, 9.17) is 10.7 Å². The fraction of sp³-hybridized carbons (Fsp3) is 0.0526. The number of pyridine rings is 1. The molecule has 0 aliphatic rings. The van der Waals surface area contributed by atoms with Gasteiger partial charge >= 0.3 is 0 Å². The highest BCUT2D eigenvalue weighted by Gasteiger charge is 2.08. The molecule has 0 spiro atoms. The lowest BCUT2D eigenvalue weighted by atomic mass is 10.0. The Morgan fingerprint density at radius 1 is 0.909 bits per heavy atom. The van der Waals surface area contributed by atoms with Crippen molar-refractivity contribution in [1.82, 2.24) is 4.98 Å². The van der Waals surface area contributed by atoms with E-state index in [9.17, 15) is 0 Å². The highest BCUT2D eigenvalue weighted by molar-refractivity contribution is 6.14. The van der Waals surface area contributed by atoms with Crippen LogP contribution in [-0.2, 0) is 0 Å². The van der Waals surface area contributed by atoms with Crippen LogP contribution in [0.5, 0.6) is 0 Å². The molecule has 0 saturated heterocycles. The van der Waals surface area contributed by atoms with Crippen LogP contribution in [0.25, 0.3) is 0 Å². The summed E-state index contributed by atoms with van der Waals surface area (Å²) in [7, 11) is 0. The van der Waals surface area contributed by atoms with Crippen molar-refractivity contribution in [3.63, 3.8) is 0 Å². The first kappa shape index (κ1) is 14.0. The number of aliphatic imine (C=N–C) groups is 1. The Bertz CT molecular complexity index is 752. The van der Waals surface area contributed by atoms with Gasteiger partial charge in [-0.1, -0.05) is 60.7 Å². The standard InChI is InChI=1S/C19H17N3/c1-14-12-17(20)19(21-13-14)22-18(15-8-4-2-5-9-15)16-10-6-3-7-11-16/h2-13H,20H2,1H3. The van der Waals surface area contributed by atoms with Crippen molar-refractivity contribution in [1.29, 1.82) is 0 Å². The fourth-order valence-corrected chi connectivity index (χ4v) is 2.27. The Balaban J connectivity index is 2.15. The predicted molar refractivity (Wildman–Crippen MR) is 91.6 cm³/mol. The minimum atomic E-state index is 0.549. The molecular weight excluding hydrogens is 270 g/mol. The number of nitrogens with zero attached hydrogens (tertiary/aromatic N) is 2. The van der Waals surface area contributed by atoms with E-state index in [0.29, 0.717) is 11.5 Å². The number of hydrogen-bond acceptors (Lipinski definition) is 3. The summed E-state index contributed by atoms with van der Waals surface area (Å²) < 4.78 is 0. The van der Waals surface area contributed by atoms with Gasteiger partial charge in [-0.25, -0.2) is 9.98 Å². The fourth-order valence-electron chi connectivity index (χ4n) is 2.27. The molecule has 0 amide bonds. The molecule has 3 heteroatoms. The molecule has 0 aliphatic carbocycles. The number of rotatable bonds is 3. The van der Waals surface area contributed by atoms with Crippen LogP contribution in [0.4, 0.5) is 11.5 Å². The van der Waals surface area contributed by atoms with Crippen LogP contribution in [-0.4, -0.2) is 10.7 Å². The number of anilines is 1. The van der Waals surface area contributed by atoms with Crippen LogP contribution < -0.4 is 5.73 Å². The van der Waals surface area contributed by atoms with Gasteiger partial charge in [0.25, 0.3) is 0 Å². The third kappa shape index (κ3) is 3.04. The van der Waals surface area contributed by atoms with Crippen molar-refractivity contribution in [3.05, 3.63) is 89.6 Å². The van der Waals surface area contributed by atoms with Crippen LogP contribution >= 0.6 is 0 Å². The van der Waals surface area contributed by atoms with Gasteiger partial charge < -0.3 is 5.73 Å². The van der Waals surface area contributed by atoms with Crippen molar-refractivity contribution in [2.45, 2.75) is 6.92 Å². The summed E-state index contributed by atoms with van der Waals surface area (Å²) in [6.45, 7) is 1.96. The molecule has 0 radical (unpaired) electrons. The Kier molecular flexibility index (Phi) is 3.97. The van der Waals surface area contributed by atoms with Crippen LogP contribution in [0.3, 0.4) is 0 Å². The van der Waals surface area contributed by atoms with Gasteiger partial charge in [0.1, 0.15) is 0 Å². The molecule has 1 aromatic heterocycles. The molecule has 0 atom stereocenters. The molecule has 2 N–H and O–H groups in total. The van der Waals surface area contributed by atoms with E-state index in [1.807, 2.05) is 73.7 Å². The third-order valence-corrected chi connectivity index (χ3v) is 3.34. The minimum absolute atomic E-state index is 0.549. The highest BCUT2D eigenvalue weighted by atomic mass is 14.9. The second kappa shape index (κ2) is 6.22. The summed E-state index contributed by atoms with van der Waals surface area (Å²) in [5, 5.41) is 0. The van der Waals surface area contributed by atoms with Gasteiger partial charge in [0.05, 0.1) is 11.4 Å². The third-order valence-electron chi connectivity index (χ3n) is 3.34. The Hall–Kier alpha value is -2.94. The molecule has 3 aromatic rings. The largest absolute Gasteiger partial charge is 0.396 e. The van der Waals surface area contributed by atoms with Gasteiger partial charge in [0.2, 0.25) is 0 Å². The van der Waals surface area contributed by atoms with Gasteiger partial charge in [0.15, 0.2) is 5.82 Å². The molecular formula is C19H17N3. The first-order valence-corrected chi connectivity index (χ1v) is 7.16. The molecule has 0 fully saturated rings. The zero-order valence-corrected chi connectivity index (χ0v) is 12.4. The monoisotopic (exact) mass is 287 g/mol. The highest BCUT2D eigenvalue weighted by Crippen LogP contribution is 2.22. The lowest BCUT2D eigenvalue weighted by Gasteiger charge is -2.08. The van der Waals surface area contributed by atoms with Crippen molar-refractivity contribution in [3.8, 4) is 0 Å².